The highest BCUT2D eigenvalue weighted by Gasteiger charge is 2.42. The Morgan fingerprint density at radius 3 is 2.19 bits per heavy atom. The van der Waals surface area contributed by atoms with Gasteiger partial charge in [-0.05, 0) is 52.2 Å². The van der Waals surface area contributed by atoms with Crippen LogP contribution in [0.5, 0.6) is 0 Å². The largest absolute Gasteiger partial charge is 0.413 e. The van der Waals surface area contributed by atoms with E-state index in [2.05, 4.69) is 65.3 Å². The van der Waals surface area contributed by atoms with Gasteiger partial charge in [0.05, 0.1) is 14.7 Å². The molecule has 1 fully saturated rings. The summed E-state index contributed by atoms with van der Waals surface area (Å²) in [5.74, 6) is 6.45. The van der Waals surface area contributed by atoms with Crippen LogP contribution in [0.4, 0.5) is 0 Å². The molecule has 168 valence electrons. The molecule has 0 aliphatic heterocycles. The third-order valence-corrected chi connectivity index (χ3v) is 12.5. The van der Waals surface area contributed by atoms with Crippen molar-refractivity contribution in [3.05, 3.63) is 64.4 Å². The molecule has 2 rings (SSSR count). The highest BCUT2D eigenvalue weighted by molar-refractivity contribution is 6.84. The van der Waals surface area contributed by atoms with Gasteiger partial charge in [-0.2, -0.15) is 0 Å². The monoisotopic (exact) mass is 454 g/mol. The van der Waals surface area contributed by atoms with Gasteiger partial charge >= 0.3 is 0 Å². The number of hydrogen-bond acceptors (Lipinski definition) is 3. The molecule has 0 spiro atoms. The molecule has 1 aromatic rings. The van der Waals surface area contributed by atoms with Gasteiger partial charge in [0.1, 0.15) is 12.2 Å². The van der Waals surface area contributed by atoms with Crippen molar-refractivity contribution in [2.75, 3.05) is 6.61 Å². The summed E-state index contributed by atoms with van der Waals surface area (Å²) in [5.41, 5.74) is 2.58. The van der Waals surface area contributed by atoms with Crippen molar-refractivity contribution in [3.63, 3.8) is 0 Å². The Labute approximate surface area is 190 Å². The van der Waals surface area contributed by atoms with Crippen molar-refractivity contribution >= 4 is 22.5 Å². The van der Waals surface area contributed by atoms with E-state index in [0.29, 0.717) is 6.61 Å². The third kappa shape index (κ3) is 6.41. The Kier molecular flexibility index (Phi) is 8.12. The summed E-state index contributed by atoms with van der Waals surface area (Å²) < 4.78 is 6.16. The Morgan fingerprint density at radius 2 is 1.65 bits per heavy atom. The van der Waals surface area contributed by atoms with Gasteiger partial charge in [0.15, 0.2) is 8.32 Å². The molecule has 0 heterocycles. The topological polar surface area (TPSA) is 49.7 Å². The van der Waals surface area contributed by atoms with Gasteiger partial charge in [-0.25, -0.2) is 0 Å². The van der Waals surface area contributed by atoms with Crippen LogP contribution in [0.3, 0.4) is 0 Å². The van der Waals surface area contributed by atoms with E-state index < -0.39 is 28.6 Å². The standard InChI is InChI=1S/C26H38O3Si2/c1-26(2,3)31(7,8)29-18-14-10-13-17-22(30(4,5)6)23-21(24(27)25(23)28)19-20-15-11-9-12-16-20/h9-12,14-16,19,24-25,27-28H,18H2,1-8H3/b14-10+,21-19-,23-22-/t24-,25+/m1/s1. The molecular weight excluding hydrogens is 416 g/mol. The zero-order valence-corrected chi connectivity index (χ0v) is 22.3. The molecule has 2 N–H and O–H groups in total. The van der Waals surface area contributed by atoms with Gasteiger partial charge in [0.2, 0.25) is 0 Å². The van der Waals surface area contributed by atoms with E-state index in [1.54, 1.807) is 0 Å². The lowest BCUT2D eigenvalue weighted by molar-refractivity contribution is 0.0354. The normalized spacial score (nSPS) is 22.8. The molecule has 0 saturated heterocycles. The van der Waals surface area contributed by atoms with E-state index in [1.165, 1.54) is 0 Å². The maximum atomic E-state index is 10.5. The highest BCUT2D eigenvalue weighted by atomic mass is 28.4. The van der Waals surface area contributed by atoms with Crippen LogP contribution in [0.2, 0.25) is 37.8 Å². The number of aliphatic hydroxyl groups excluding tert-OH is 2. The first-order chi connectivity index (χ1) is 14.3. The minimum Gasteiger partial charge on any atom is -0.413 e. The van der Waals surface area contributed by atoms with Gasteiger partial charge in [0, 0.05) is 0 Å². The first-order valence-electron chi connectivity index (χ1n) is 10.9. The zero-order valence-electron chi connectivity index (χ0n) is 20.3. The summed E-state index contributed by atoms with van der Waals surface area (Å²) >= 11 is 0. The molecule has 1 aliphatic carbocycles. The molecule has 2 atom stereocenters. The quantitative estimate of drug-likeness (QED) is 0.452. The lowest BCUT2D eigenvalue weighted by Crippen LogP contribution is -2.45. The number of rotatable bonds is 5. The highest BCUT2D eigenvalue weighted by Crippen LogP contribution is 2.40. The summed E-state index contributed by atoms with van der Waals surface area (Å²) in [7, 11) is -3.60. The van der Waals surface area contributed by atoms with Crippen LogP contribution in [0.25, 0.3) is 6.08 Å². The predicted octanol–water partition coefficient (Wildman–Crippen LogP) is 5.56. The number of benzene rings is 1. The van der Waals surface area contributed by atoms with Crippen LogP contribution in [0.1, 0.15) is 26.3 Å². The van der Waals surface area contributed by atoms with Crippen LogP contribution in [-0.4, -0.2) is 45.4 Å². The molecule has 0 amide bonds. The van der Waals surface area contributed by atoms with Gasteiger partial charge in [0.25, 0.3) is 0 Å². The summed E-state index contributed by atoms with van der Waals surface area (Å²) in [6.07, 6.45) is 4.02. The van der Waals surface area contributed by atoms with Crippen molar-refractivity contribution in [3.8, 4) is 11.8 Å². The van der Waals surface area contributed by atoms with Crippen molar-refractivity contribution in [1.29, 1.82) is 0 Å². The second-order valence-corrected chi connectivity index (χ2v) is 20.5. The average Bonchev–Trinajstić information content (AvgIpc) is 2.67. The SMILES string of the molecule is CC(C)(C)[Si](C)(C)OC/C=C/C#C/C(=C1\C(=C\c2ccccc2)[C@@H](O)[C@H]1O)[Si](C)(C)C. The molecule has 1 aromatic carbocycles. The lowest BCUT2D eigenvalue weighted by atomic mass is 9.78. The van der Waals surface area contributed by atoms with Crippen LogP contribution in [0.15, 0.2) is 58.8 Å². The number of aliphatic hydroxyl groups is 2. The average molecular weight is 455 g/mol. The van der Waals surface area contributed by atoms with E-state index in [-0.39, 0.29) is 5.04 Å². The van der Waals surface area contributed by atoms with Crippen LogP contribution in [-0.2, 0) is 4.43 Å². The lowest BCUT2D eigenvalue weighted by Gasteiger charge is -2.39. The van der Waals surface area contributed by atoms with Crippen LogP contribution < -0.4 is 0 Å². The molecular formula is C26H38O3Si2. The summed E-state index contributed by atoms with van der Waals surface area (Å²) in [6, 6.07) is 9.88. The Hall–Kier alpha value is -1.69. The molecule has 0 radical (unpaired) electrons. The minimum atomic E-state index is -1.84. The molecule has 1 aliphatic rings. The zero-order chi connectivity index (χ0) is 23.4. The van der Waals surface area contributed by atoms with Gasteiger partial charge in [-0.15, -0.1) is 0 Å². The Bertz CT molecular complexity index is 917. The first-order valence-corrected chi connectivity index (χ1v) is 17.3. The van der Waals surface area contributed by atoms with E-state index in [9.17, 15) is 10.2 Å². The summed E-state index contributed by atoms with van der Waals surface area (Å²) in [5, 5.41) is 22.1. The van der Waals surface area contributed by atoms with E-state index in [4.69, 9.17) is 4.43 Å². The summed E-state index contributed by atoms with van der Waals surface area (Å²) in [4.78, 5) is 0. The van der Waals surface area contributed by atoms with E-state index in [0.717, 1.165) is 21.9 Å². The summed E-state index contributed by atoms with van der Waals surface area (Å²) in [6.45, 7) is 18.4. The third-order valence-electron chi connectivity index (χ3n) is 6.11. The Morgan fingerprint density at radius 1 is 1.03 bits per heavy atom. The predicted molar refractivity (Wildman–Crippen MR) is 137 cm³/mol. The maximum absolute atomic E-state index is 10.5. The molecule has 31 heavy (non-hydrogen) atoms. The van der Waals surface area contributed by atoms with Gasteiger partial charge in [-0.3, -0.25) is 0 Å². The second-order valence-electron chi connectivity index (χ2n) is 10.7. The fraction of sp³-hybridized carbons (Fsp3) is 0.462. The molecule has 5 heteroatoms. The van der Waals surface area contributed by atoms with Gasteiger partial charge in [-0.1, -0.05) is 88.7 Å². The van der Waals surface area contributed by atoms with Gasteiger partial charge < -0.3 is 14.6 Å². The minimum absolute atomic E-state index is 0.185. The molecule has 0 unspecified atom stereocenters. The van der Waals surface area contributed by atoms with Crippen molar-refractivity contribution in [2.24, 2.45) is 0 Å². The van der Waals surface area contributed by atoms with E-state index >= 15 is 0 Å². The maximum Gasteiger partial charge on any atom is 0.192 e. The molecule has 0 bridgehead atoms. The smallest absolute Gasteiger partial charge is 0.192 e. The van der Waals surface area contributed by atoms with Crippen LogP contribution in [0, 0.1) is 11.8 Å². The molecule has 1 saturated carbocycles. The molecule has 3 nitrogen and oxygen atoms in total. The number of hydrogen-bond donors (Lipinski definition) is 2. The van der Waals surface area contributed by atoms with Crippen molar-refractivity contribution < 1.29 is 14.6 Å². The molecule has 0 aromatic heterocycles. The van der Waals surface area contributed by atoms with Crippen LogP contribution >= 0.6 is 0 Å². The number of allylic oxidation sites excluding steroid dienone is 2. The van der Waals surface area contributed by atoms with E-state index in [1.807, 2.05) is 48.6 Å². The fourth-order valence-electron chi connectivity index (χ4n) is 3.10. The van der Waals surface area contributed by atoms with Crippen molar-refractivity contribution in [2.45, 2.75) is 70.8 Å². The van der Waals surface area contributed by atoms with Crippen molar-refractivity contribution in [1.82, 2.24) is 0 Å². The fourth-order valence-corrected chi connectivity index (χ4v) is 5.59. The Balaban J connectivity index is 2.27. The first kappa shape index (κ1) is 25.6. The second kappa shape index (κ2) is 9.85.